The maximum absolute atomic E-state index is 12.9. The maximum Gasteiger partial charge on any atom is 0.363 e. The Morgan fingerprint density at radius 2 is 1.48 bits per heavy atom. The van der Waals surface area contributed by atoms with Gasteiger partial charge in [0.2, 0.25) is 0 Å². The number of aliphatic hydroxyl groups is 1. The molecule has 1 rings (SSSR count). The fourth-order valence-electron chi connectivity index (χ4n) is 1.50. The number of rotatable bonds is 8. The van der Waals surface area contributed by atoms with Crippen molar-refractivity contribution in [3.05, 3.63) is 35.6 Å². The van der Waals surface area contributed by atoms with Gasteiger partial charge in [-0.1, -0.05) is 39.8 Å². The zero-order valence-corrected chi connectivity index (χ0v) is 13.8. The van der Waals surface area contributed by atoms with Gasteiger partial charge in [0, 0.05) is 0 Å². The van der Waals surface area contributed by atoms with E-state index in [9.17, 15) is 14.1 Å². The Morgan fingerprint density at radius 1 is 1.05 bits per heavy atom. The standard InChI is InChI=1S/C15H24FO4P/c1-11(2)9-19-21(18,20-10-12(3)4)15(17)13-5-7-14(16)8-6-13/h5-8,11-12,15,17H,9-10H2,1-4H3/t15-/m1/s1. The first-order valence-corrected chi connectivity index (χ1v) is 8.68. The number of halogens is 1. The number of hydrogen-bond acceptors (Lipinski definition) is 4. The van der Waals surface area contributed by atoms with Crippen molar-refractivity contribution in [2.24, 2.45) is 11.8 Å². The van der Waals surface area contributed by atoms with Crippen molar-refractivity contribution < 1.29 is 23.1 Å². The molecule has 0 saturated carbocycles. The predicted molar refractivity (Wildman–Crippen MR) is 80.5 cm³/mol. The van der Waals surface area contributed by atoms with Crippen molar-refractivity contribution in [3.63, 3.8) is 0 Å². The smallest absolute Gasteiger partial charge is 0.363 e. The van der Waals surface area contributed by atoms with E-state index in [2.05, 4.69) is 0 Å². The van der Waals surface area contributed by atoms with Crippen molar-refractivity contribution in [2.75, 3.05) is 13.2 Å². The van der Waals surface area contributed by atoms with Crippen molar-refractivity contribution in [3.8, 4) is 0 Å². The van der Waals surface area contributed by atoms with Crippen molar-refractivity contribution in [2.45, 2.75) is 33.5 Å². The van der Waals surface area contributed by atoms with Crippen LogP contribution in [0.5, 0.6) is 0 Å². The van der Waals surface area contributed by atoms with E-state index in [1.54, 1.807) is 0 Å². The highest BCUT2D eigenvalue weighted by Gasteiger charge is 2.36. The average molecular weight is 318 g/mol. The molecule has 120 valence electrons. The SMILES string of the molecule is CC(C)COP(=O)(OCC(C)C)[C@@H](O)c1ccc(F)cc1. The summed E-state index contributed by atoms with van der Waals surface area (Å²) in [6.07, 6.45) is 0. The molecular weight excluding hydrogens is 294 g/mol. The monoisotopic (exact) mass is 318 g/mol. The molecule has 0 radical (unpaired) electrons. The van der Waals surface area contributed by atoms with E-state index in [-0.39, 0.29) is 25.0 Å². The molecule has 6 heteroatoms. The third-order valence-corrected chi connectivity index (χ3v) is 4.56. The van der Waals surface area contributed by atoms with Gasteiger partial charge in [-0.15, -0.1) is 0 Å². The van der Waals surface area contributed by atoms with Crippen LogP contribution in [0.2, 0.25) is 0 Å². The highest BCUT2D eigenvalue weighted by molar-refractivity contribution is 7.54. The average Bonchev–Trinajstić information content (AvgIpc) is 2.43. The van der Waals surface area contributed by atoms with E-state index in [0.717, 1.165) is 0 Å². The molecule has 0 aromatic heterocycles. The van der Waals surface area contributed by atoms with Crippen LogP contribution in [0.3, 0.4) is 0 Å². The zero-order chi connectivity index (χ0) is 16.0. The second kappa shape index (κ2) is 8.04. The number of benzene rings is 1. The molecule has 0 aliphatic rings. The Balaban J connectivity index is 2.92. The molecule has 0 aliphatic heterocycles. The van der Waals surface area contributed by atoms with Gasteiger partial charge in [-0.3, -0.25) is 4.57 Å². The van der Waals surface area contributed by atoms with E-state index in [1.165, 1.54) is 24.3 Å². The second-order valence-electron chi connectivity index (χ2n) is 5.84. The normalized spacial score (nSPS) is 13.9. The van der Waals surface area contributed by atoms with Crippen LogP contribution in [-0.2, 0) is 13.6 Å². The van der Waals surface area contributed by atoms with Gasteiger partial charge in [-0.2, -0.15) is 0 Å². The lowest BCUT2D eigenvalue weighted by molar-refractivity contribution is 0.124. The molecule has 1 aromatic rings. The van der Waals surface area contributed by atoms with Crippen molar-refractivity contribution >= 4 is 7.60 Å². The molecule has 0 unspecified atom stereocenters. The van der Waals surface area contributed by atoms with Crippen LogP contribution in [-0.4, -0.2) is 18.3 Å². The van der Waals surface area contributed by atoms with Gasteiger partial charge in [0.25, 0.3) is 0 Å². The summed E-state index contributed by atoms with van der Waals surface area (Å²) < 4.78 is 36.5. The molecule has 0 amide bonds. The van der Waals surface area contributed by atoms with Gasteiger partial charge in [0.15, 0.2) is 5.85 Å². The summed E-state index contributed by atoms with van der Waals surface area (Å²) in [7, 11) is -3.72. The molecule has 0 bridgehead atoms. The van der Waals surface area contributed by atoms with E-state index in [0.29, 0.717) is 5.56 Å². The quantitative estimate of drug-likeness (QED) is 0.724. The second-order valence-corrected chi connectivity index (χ2v) is 7.93. The van der Waals surface area contributed by atoms with E-state index < -0.39 is 19.3 Å². The molecule has 0 saturated heterocycles. The third kappa shape index (κ3) is 5.87. The minimum atomic E-state index is -3.72. The van der Waals surface area contributed by atoms with Gasteiger partial charge in [-0.25, -0.2) is 4.39 Å². The van der Waals surface area contributed by atoms with Crippen LogP contribution >= 0.6 is 7.60 Å². The summed E-state index contributed by atoms with van der Waals surface area (Å²) in [5.74, 6) is -1.54. The first kappa shape index (κ1) is 18.3. The number of aliphatic hydroxyl groups excluding tert-OH is 1. The maximum atomic E-state index is 12.9. The Labute approximate surface area is 125 Å². The van der Waals surface area contributed by atoms with Crippen molar-refractivity contribution in [1.29, 1.82) is 0 Å². The summed E-state index contributed by atoms with van der Waals surface area (Å²) in [5.41, 5.74) is 0.312. The topological polar surface area (TPSA) is 55.8 Å². The molecule has 21 heavy (non-hydrogen) atoms. The lowest BCUT2D eigenvalue weighted by atomic mass is 10.2. The first-order chi connectivity index (χ1) is 9.74. The highest BCUT2D eigenvalue weighted by Crippen LogP contribution is 2.60. The van der Waals surface area contributed by atoms with Crippen LogP contribution < -0.4 is 0 Å². The summed E-state index contributed by atoms with van der Waals surface area (Å²) in [5, 5.41) is 10.3. The Hall–Kier alpha value is -0.740. The van der Waals surface area contributed by atoms with Crippen LogP contribution in [0.15, 0.2) is 24.3 Å². The molecular formula is C15H24FO4P. The Bertz CT molecular complexity index is 457. The third-order valence-electron chi connectivity index (χ3n) is 2.64. The molecule has 1 atom stereocenters. The molecule has 0 aliphatic carbocycles. The lowest BCUT2D eigenvalue weighted by Crippen LogP contribution is -2.11. The van der Waals surface area contributed by atoms with E-state index in [4.69, 9.17) is 9.05 Å². The highest BCUT2D eigenvalue weighted by atomic mass is 31.2. The summed E-state index contributed by atoms with van der Waals surface area (Å²) in [4.78, 5) is 0. The fraction of sp³-hybridized carbons (Fsp3) is 0.600. The van der Waals surface area contributed by atoms with Gasteiger partial charge >= 0.3 is 7.60 Å². The van der Waals surface area contributed by atoms with Gasteiger partial charge in [0.05, 0.1) is 13.2 Å². The van der Waals surface area contributed by atoms with Crippen LogP contribution in [0.4, 0.5) is 4.39 Å². The van der Waals surface area contributed by atoms with E-state index in [1.807, 2.05) is 27.7 Å². The predicted octanol–water partition coefficient (Wildman–Crippen LogP) is 4.35. The molecule has 1 aromatic carbocycles. The molecule has 0 fully saturated rings. The van der Waals surface area contributed by atoms with Crippen LogP contribution in [0.1, 0.15) is 39.1 Å². The summed E-state index contributed by atoms with van der Waals surface area (Å²) in [6, 6.07) is 5.16. The summed E-state index contributed by atoms with van der Waals surface area (Å²) >= 11 is 0. The number of hydrogen-bond donors (Lipinski definition) is 1. The minimum absolute atomic E-state index is 0.154. The van der Waals surface area contributed by atoms with Gasteiger partial charge < -0.3 is 14.2 Å². The summed E-state index contributed by atoms with van der Waals surface area (Å²) in [6.45, 7) is 8.09. The molecule has 0 heterocycles. The van der Waals surface area contributed by atoms with Gasteiger partial charge in [-0.05, 0) is 29.5 Å². The first-order valence-electron chi connectivity index (χ1n) is 7.07. The van der Waals surface area contributed by atoms with Gasteiger partial charge in [0.1, 0.15) is 5.82 Å². The molecule has 4 nitrogen and oxygen atoms in total. The Morgan fingerprint density at radius 3 is 1.86 bits per heavy atom. The fourth-order valence-corrected chi connectivity index (χ4v) is 3.41. The molecule has 1 N–H and O–H groups in total. The zero-order valence-electron chi connectivity index (χ0n) is 13.0. The van der Waals surface area contributed by atoms with E-state index >= 15 is 0 Å². The van der Waals surface area contributed by atoms with Crippen molar-refractivity contribution in [1.82, 2.24) is 0 Å². The van der Waals surface area contributed by atoms with Crippen LogP contribution in [0.25, 0.3) is 0 Å². The largest absolute Gasteiger partial charge is 0.376 e. The molecule has 0 spiro atoms. The minimum Gasteiger partial charge on any atom is -0.376 e. The lowest BCUT2D eigenvalue weighted by Gasteiger charge is -2.25. The van der Waals surface area contributed by atoms with Crippen LogP contribution in [0, 0.1) is 17.7 Å². The Kier molecular flexibility index (Phi) is 7.01.